The predicted molar refractivity (Wildman–Crippen MR) is 100 cm³/mol. The van der Waals surface area contributed by atoms with Crippen molar-refractivity contribution in [2.45, 2.75) is 18.9 Å². The maximum atomic E-state index is 14.0. The molecule has 2 aliphatic heterocycles. The molecule has 1 atom stereocenters. The van der Waals surface area contributed by atoms with Gasteiger partial charge in [-0.2, -0.15) is 0 Å². The number of nitrogens with zero attached hydrogens (tertiary/aromatic N) is 4. The van der Waals surface area contributed by atoms with Crippen LogP contribution in [0.25, 0.3) is 0 Å². The summed E-state index contributed by atoms with van der Waals surface area (Å²) in [5.74, 6) is 1.56. The van der Waals surface area contributed by atoms with Crippen molar-refractivity contribution in [1.82, 2.24) is 9.97 Å². The number of rotatable bonds is 5. The van der Waals surface area contributed by atoms with Crippen LogP contribution in [0.15, 0.2) is 36.7 Å². The van der Waals surface area contributed by atoms with Crippen LogP contribution in [-0.4, -0.2) is 55.4 Å². The summed E-state index contributed by atoms with van der Waals surface area (Å²) in [6, 6.07) is 8.93. The molecule has 1 unspecified atom stereocenters. The van der Waals surface area contributed by atoms with E-state index in [-0.39, 0.29) is 11.9 Å². The Hall–Kier alpha value is -2.41. The number of halogens is 1. The standard InChI is InChI=1S/C19H24FN5O/c20-16-5-1-2-6-17(16)24-7-9-25(10-8-24)19-12-18(22-14-23-19)21-13-15-4-3-11-26-15/h1-2,5-6,12,14-15H,3-4,7-11,13H2,(H,21,22,23). The van der Waals surface area contributed by atoms with Gasteiger partial charge in [0.25, 0.3) is 0 Å². The fourth-order valence-electron chi connectivity index (χ4n) is 3.53. The zero-order valence-electron chi connectivity index (χ0n) is 14.8. The Labute approximate surface area is 153 Å². The molecule has 2 aliphatic rings. The first-order chi connectivity index (χ1) is 12.8. The van der Waals surface area contributed by atoms with E-state index in [2.05, 4.69) is 25.1 Å². The summed E-state index contributed by atoms with van der Waals surface area (Å²) in [7, 11) is 0. The summed E-state index contributed by atoms with van der Waals surface area (Å²) in [5.41, 5.74) is 0.675. The lowest BCUT2D eigenvalue weighted by molar-refractivity contribution is 0.120. The van der Waals surface area contributed by atoms with Crippen LogP contribution in [0.1, 0.15) is 12.8 Å². The third kappa shape index (κ3) is 3.88. The smallest absolute Gasteiger partial charge is 0.146 e. The van der Waals surface area contributed by atoms with Crippen LogP contribution < -0.4 is 15.1 Å². The molecule has 2 saturated heterocycles. The highest BCUT2D eigenvalue weighted by Crippen LogP contribution is 2.22. The van der Waals surface area contributed by atoms with E-state index in [4.69, 9.17) is 4.74 Å². The summed E-state index contributed by atoms with van der Waals surface area (Å²) in [6.07, 6.45) is 4.10. The second kappa shape index (κ2) is 7.86. The molecule has 0 radical (unpaired) electrons. The minimum Gasteiger partial charge on any atom is -0.376 e. The lowest BCUT2D eigenvalue weighted by Gasteiger charge is -2.36. The van der Waals surface area contributed by atoms with Gasteiger partial charge in [0.2, 0.25) is 0 Å². The van der Waals surface area contributed by atoms with Crippen LogP contribution in [0, 0.1) is 5.82 Å². The molecule has 1 N–H and O–H groups in total. The van der Waals surface area contributed by atoms with Gasteiger partial charge in [0.1, 0.15) is 23.8 Å². The summed E-state index contributed by atoms with van der Waals surface area (Å²) in [4.78, 5) is 13.0. The summed E-state index contributed by atoms with van der Waals surface area (Å²) in [6.45, 7) is 4.77. The molecule has 6 nitrogen and oxygen atoms in total. The van der Waals surface area contributed by atoms with E-state index in [1.807, 2.05) is 18.2 Å². The number of hydrogen-bond donors (Lipinski definition) is 1. The van der Waals surface area contributed by atoms with Gasteiger partial charge in [-0.3, -0.25) is 0 Å². The van der Waals surface area contributed by atoms with Gasteiger partial charge in [-0.1, -0.05) is 12.1 Å². The molecule has 1 aromatic heterocycles. The number of hydrogen-bond acceptors (Lipinski definition) is 6. The minimum atomic E-state index is -0.163. The lowest BCUT2D eigenvalue weighted by atomic mass is 10.2. The summed E-state index contributed by atoms with van der Waals surface area (Å²) in [5, 5.41) is 3.35. The average molecular weight is 357 g/mol. The monoisotopic (exact) mass is 357 g/mol. The molecule has 2 fully saturated rings. The largest absolute Gasteiger partial charge is 0.376 e. The van der Waals surface area contributed by atoms with E-state index in [9.17, 15) is 4.39 Å². The molecule has 3 heterocycles. The molecule has 1 aromatic carbocycles. The summed E-state index contributed by atoms with van der Waals surface area (Å²) >= 11 is 0. The Morgan fingerprint density at radius 2 is 1.92 bits per heavy atom. The summed E-state index contributed by atoms with van der Waals surface area (Å²) < 4.78 is 19.6. The van der Waals surface area contributed by atoms with E-state index in [0.29, 0.717) is 5.69 Å². The van der Waals surface area contributed by atoms with Gasteiger partial charge < -0.3 is 19.9 Å². The van der Waals surface area contributed by atoms with Crippen LogP contribution in [-0.2, 0) is 4.74 Å². The van der Waals surface area contributed by atoms with Crippen molar-refractivity contribution in [3.63, 3.8) is 0 Å². The van der Waals surface area contributed by atoms with Crippen molar-refractivity contribution >= 4 is 17.3 Å². The van der Waals surface area contributed by atoms with Crippen molar-refractivity contribution in [1.29, 1.82) is 0 Å². The SMILES string of the molecule is Fc1ccccc1N1CCN(c2cc(NCC3CCCO3)ncn2)CC1. The maximum absolute atomic E-state index is 14.0. The van der Waals surface area contributed by atoms with Crippen molar-refractivity contribution in [3.8, 4) is 0 Å². The Morgan fingerprint density at radius 3 is 2.69 bits per heavy atom. The number of benzene rings is 1. The van der Waals surface area contributed by atoms with Crippen LogP contribution in [0.4, 0.5) is 21.7 Å². The highest BCUT2D eigenvalue weighted by atomic mass is 19.1. The van der Waals surface area contributed by atoms with E-state index in [1.54, 1.807) is 12.4 Å². The van der Waals surface area contributed by atoms with E-state index < -0.39 is 0 Å². The molecule has 7 heteroatoms. The number of ether oxygens (including phenoxy) is 1. The molecule has 0 aliphatic carbocycles. The van der Waals surface area contributed by atoms with E-state index >= 15 is 0 Å². The first kappa shape index (κ1) is 17.0. The molecule has 0 bridgehead atoms. The third-order valence-corrected chi connectivity index (χ3v) is 4.98. The first-order valence-corrected chi connectivity index (χ1v) is 9.21. The van der Waals surface area contributed by atoms with Crippen molar-refractivity contribution in [2.24, 2.45) is 0 Å². The van der Waals surface area contributed by atoms with Crippen LogP contribution >= 0.6 is 0 Å². The Morgan fingerprint density at radius 1 is 1.12 bits per heavy atom. The van der Waals surface area contributed by atoms with Gasteiger partial charge in [0.05, 0.1) is 11.8 Å². The van der Waals surface area contributed by atoms with Gasteiger partial charge in [-0.05, 0) is 25.0 Å². The molecule has 0 amide bonds. The second-order valence-corrected chi connectivity index (χ2v) is 6.70. The van der Waals surface area contributed by atoms with Gasteiger partial charge in [-0.25, -0.2) is 14.4 Å². The molecule has 2 aromatic rings. The minimum absolute atomic E-state index is 0.163. The fraction of sp³-hybridized carbons (Fsp3) is 0.474. The number of nitrogens with one attached hydrogen (secondary N) is 1. The number of anilines is 3. The molecule has 26 heavy (non-hydrogen) atoms. The second-order valence-electron chi connectivity index (χ2n) is 6.70. The van der Waals surface area contributed by atoms with Gasteiger partial charge in [-0.15, -0.1) is 0 Å². The predicted octanol–water partition coefficient (Wildman–Crippen LogP) is 2.53. The Bertz CT molecular complexity index is 729. The first-order valence-electron chi connectivity index (χ1n) is 9.21. The lowest BCUT2D eigenvalue weighted by Crippen LogP contribution is -2.47. The van der Waals surface area contributed by atoms with Gasteiger partial charge >= 0.3 is 0 Å². The quantitative estimate of drug-likeness (QED) is 0.888. The highest BCUT2D eigenvalue weighted by molar-refractivity contribution is 5.52. The molecular weight excluding hydrogens is 333 g/mol. The van der Waals surface area contributed by atoms with Gasteiger partial charge in [0.15, 0.2) is 0 Å². The molecule has 138 valence electrons. The topological polar surface area (TPSA) is 53.5 Å². The molecule has 0 saturated carbocycles. The third-order valence-electron chi connectivity index (χ3n) is 4.98. The molecule has 4 rings (SSSR count). The van der Waals surface area contributed by atoms with E-state index in [1.165, 1.54) is 6.07 Å². The Balaban J connectivity index is 1.35. The van der Waals surface area contributed by atoms with E-state index in [0.717, 1.165) is 63.8 Å². The van der Waals surface area contributed by atoms with Crippen molar-refractivity contribution in [2.75, 3.05) is 54.4 Å². The zero-order valence-corrected chi connectivity index (χ0v) is 14.8. The van der Waals surface area contributed by atoms with Crippen molar-refractivity contribution in [3.05, 3.63) is 42.5 Å². The Kier molecular flexibility index (Phi) is 5.15. The number of aromatic nitrogens is 2. The number of para-hydroxylation sites is 1. The van der Waals surface area contributed by atoms with Crippen molar-refractivity contribution < 1.29 is 9.13 Å². The van der Waals surface area contributed by atoms with Crippen LogP contribution in [0.3, 0.4) is 0 Å². The average Bonchev–Trinajstić information content (AvgIpc) is 3.21. The molecular formula is C19H24FN5O. The normalized spacial score (nSPS) is 20.4. The van der Waals surface area contributed by atoms with Crippen LogP contribution in [0.2, 0.25) is 0 Å². The number of piperazine rings is 1. The highest BCUT2D eigenvalue weighted by Gasteiger charge is 2.21. The zero-order chi connectivity index (χ0) is 17.8. The fourth-order valence-corrected chi connectivity index (χ4v) is 3.53. The van der Waals surface area contributed by atoms with Crippen LogP contribution in [0.5, 0.6) is 0 Å². The molecule has 0 spiro atoms. The van der Waals surface area contributed by atoms with Gasteiger partial charge in [0, 0.05) is 45.4 Å². The maximum Gasteiger partial charge on any atom is 0.146 e.